The Morgan fingerprint density at radius 2 is 2.00 bits per heavy atom. The van der Waals surface area contributed by atoms with E-state index in [9.17, 15) is 22.8 Å². The number of nitrogens with one attached hydrogen (secondary N) is 2. The number of rotatable bonds is 7. The van der Waals surface area contributed by atoms with Gasteiger partial charge in [0.15, 0.2) is 10.8 Å². The summed E-state index contributed by atoms with van der Waals surface area (Å²) in [4.78, 5) is 32.3. The molecule has 5 rings (SSSR count). The summed E-state index contributed by atoms with van der Waals surface area (Å²) in [7, 11) is 0. The third-order valence-electron chi connectivity index (χ3n) is 6.48. The normalized spacial score (nSPS) is 15.1. The predicted molar refractivity (Wildman–Crippen MR) is 155 cm³/mol. The molecule has 3 aromatic heterocycles. The molecule has 42 heavy (non-hydrogen) atoms. The van der Waals surface area contributed by atoms with E-state index in [4.69, 9.17) is 4.74 Å². The van der Waals surface area contributed by atoms with Crippen molar-refractivity contribution >= 4 is 39.3 Å². The van der Waals surface area contributed by atoms with E-state index < -0.39 is 17.0 Å². The molecule has 2 N–H and O–H groups in total. The van der Waals surface area contributed by atoms with Crippen LogP contribution in [0.1, 0.15) is 54.0 Å². The molecule has 13 heteroatoms. The zero-order chi connectivity index (χ0) is 30.3. The number of ether oxygens (including phenoxy) is 1. The van der Waals surface area contributed by atoms with Crippen molar-refractivity contribution in [2.24, 2.45) is 5.92 Å². The lowest BCUT2D eigenvalue weighted by Gasteiger charge is -2.29. The maximum Gasteiger partial charge on any atom is 0.427 e. The number of anilines is 1. The molecule has 2 amide bonds. The van der Waals surface area contributed by atoms with E-state index in [0.29, 0.717) is 40.6 Å². The number of halogens is 3. The Balaban J connectivity index is 0.000000310. The van der Waals surface area contributed by atoms with Gasteiger partial charge in [0.1, 0.15) is 16.4 Å². The van der Waals surface area contributed by atoms with Crippen molar-refractivity contribution < 1.29 is 27.5 Å². The number of piperidine rings is 1. The van der Waals surface area contributed by atoms with Crippen LogP contribution in [-0.4, -0.2) is 50.0 Å². The minimum Gasteiger partial charge on any atom is -0.456 e. The molecule has 1 aliphatic rings. The van der Waals surface area contributed by atoms with Crippen LogP contribution in [0.3, 0.4) is 0 Å². The fourth-order valence-electron chi connectivity index (χ4n) is 4.45. The number of hydrogen-bond acceptors (Lipinski definition) is 7. The maximum absolute atomic E-state index is 12.7. The first-order valence-corrected chi connectivity index (χ1v) is 14.3. The average Bonchev–Trinajstić information content (AvgIpc) is 3.62. The van der Waals surface area contributed by atoms with E-state index in [-0.39, 0.29) is 16.6 Å². The second-order valence-electron chi connectivity index (χ2n) is 9.80. The molecule has 1 aliphatic heterocycles. The fraction of sp³-hybridized carbons (Fsp3) is 0.345. The lowest BCUT2D eigenvalue weighted by Crippen LogP contribution is -2.37. The van der Waals surface area contributed by atoms with Gasteiger partial charge in [0.2, 0.25) is 5.91 Å². The van der Waals surface area contributed by atoms with Gasteiger partial charge in [-0.1, -0.05) is 38.2 Å². The summed E-state index contributed by atoms with van der Waals surface area (Å²) in [5.41, 5.74) is 1.74. The van der Waals surface area contributed by atoms with Gasteiger partial charge < -0.3 is 9.64 Å². The summed E-state index contributed by atoms with van der Waals surface area (Å²) in [6.07, 6.45) is 3.31. The molecule has 1 fully saturated rings. The van der Waals surface area contributed by atoms with Gasteiger partial charge in [0, 0.05) is 30.5 Å². The molecule has 4 aromatic rings. The van der Waals surface area contributed by atoms with E-state index in [2.05, 4.69) is 45.9 Å². The van der Waals surface area contributed by atoms with Crippen LogP contribution in [0.15, 0.2) is 55.4 Å². The number of thiazole rings is 1. The number of aromatic amines is 1. The van der Waals surface area contributed by atoms with Crippen molar-refractivity contribution in [2.75, 3.05) is 18.4 Å². The summed E-state index contributed by atoms with van der Waals surface area (Å²) in [6, 6.07) is 7.97. The molecular weight excluding hydrogens is 569 g/mol. The molecule has 9 nitrogen and oxygen atoms in total. The largest absolute Gasteiger partial charge is 0.456 e. The van der Waals surface area contributed by atoms with Crippen molar-refractivity contribution in [3.05, 3.63) is 71.5 Å². The lowest BCUT2D eigenvalue weighted by molar-refractivity contribution is -0.134. The predicted octanol–water partition coefficient (Wildman–Crippen LogP) is 6.86. The first-order chi connectivity index (χ1) is 20.1. The highest BCUT2D eigenvalue weighted by atomic mass is 32.1. The number of likely N-dealkylation sites (tertiary alicyclic amines) is 1. The fourth-order valence-corrected chi connectivity index (χ4v) is 5.13. The van der Waals surface area contributed by atoms with Crippen LogP contribution in [0.5, 0.6) is 11.5 Å². The van der Waals surface area contributed by atoms with Crippen molar-refractivity contribution in [1.29, 1.82) is 0 Å². The van der Waals surface area contributed by atoms with Crippen molar-refractivity contribution in [3.8, 4) is 11.5 Å². The van der Waals surface area contributed by atoms with Crippen LogP contribution in [0, 0.1) is 5.92 Å². The van der Waals surface area contributed by atoms with E-state index in [1.807, 2.05) is 4.90 Å². The number of carbonyl (C=O) groups is 2. The topological polar surface area (TPSA) is 113 Å². The number of aromatic nitrogens is 4. The molecular formula is C29H31F3N6O3S. The Kier molecular flexibility index (Phi) is 9.94. The SMILES string of the molecule is C=CC(=O)N1CCCC(C)C1.CCCc1[nH]nc2nccc(Oc3ccc(C(=O)Nc4ncc(C(F)(F)F)s4)cc3)c12. The molecule has 1 saturated heterocycles. The molecule has 1 aromatic carbocycles. The van der Waals surface area contributed by atoms with Gasteiger partial charge in [-0.05, 0) is 61.6 Å². The molecule has 0 bridgehead atoms. The van der Waals surface area contributed by atoms with E-state index in [0.717, 1.165) is 43.4 Å². The number of benzene rings is 1. The second kappa shape index (κ2) is 13.6. The van der Waals surface area contributed by atoms with Gasteiger partial charge in [-0.3, -0.25) is 20.0 Å². The summed E-state index contributed by atoms with van der Waals surface area (Å²) >= 11 is 0.367. The van der Waals surface area contributed by atoms with Gasteiger partial charge in [-0.15, -0.1) is 0 Å². The van der Waals surface area contributed by atoms with Crippen LogP contribution in [0.25, 0.3) is 11.0 Å². The highest BCUT2D eigenvalue weighted by Gasteiger charge is 2.33. The van der Waals surface area contributed by atoms with Gasteiger partial charge in [0.25, 0.3) is 5.91 Å². The van der Waals surface area contributed by atoms with E-state index in [1.54, 1.807) is 24.4 Å². The number of nitrogens with zero attached hydrogens (tertiary/aromatic N) is 4. The molecule has 222 valence electrons. The molecule has 0 radical (unpaired) electrons. The monoisotopic (exact) mass is 600 g/mol. The summed E-state index contributed by atoms with van der Waals surface area (Å²) < 4.78 is 44.0. The molecule has 0 spiro atoms. The minimum absolute atomic E-state index is 0.0801. The minimum atomic E-state index is -4.50. The van der Waals surface area contributed by atoms with Crippen LogP contribution in [0.4, 0.5) is 18.3 Å². The number of hydrogen-bond donors (Lipinski definition) is 2. The van der Waals surface area contributed by atoms with Crippen LogP contribution < -0.4 is 10.1 Å². The molecule has 4 heterocycles. The second-order valence-corrected chi connectivity index (χ2v) is 10.8. The zero-order valence-corrected chi connectivity index (χ0v) is 24.0. The molecule has 1 unspecified atom stereocenters. The van der Waals surface area contributed by atoms with Crippen LogP contribution in [0.2, 0.25) is 0 Å². The first kappa shape index (κ1) is 30.7. The maximum atomic E-state index is 12.7. The van der Waals surface area contributed by atoms with Crippen molar-refractivity contribution in [2.45, 2.75) is 45.7 Å². The van der Waals surface area contributed by atoms with E-state index >= 15 is 0 Å². The van der Waals surface area contributed by atoms with Gasteiger partial charge in [-0.2, -0.15) is 18.3 Å². The number of amides is 2. The van der Waals surface area contributed by atoms with Gasteiger partial charge in [0.05, 0.1) is 11.6 Å². The number of pyridine rings is 1. The number of H-pyrrole nitrogens is 1. The molecule has 1 atom stereocenters. The number of aryl methyl sites for hydroxylation is 1. The summed E-state index contributed by atoms with van der Waals surface area (Å²) in [6.45, 7) is 9.53. The van der Waals surface area contributed by atoms with Crippen molar-refractivity contribution in [1.82, 2.24) is 25.1 Å². The molecule has 0 aliphatic carbocycles. The van der Waals surface area contributed by atoms with Crippen LogP contribution >= 0.6 is 11.3 Å². The Bertz CT molecular complexity index is 1530. The lowest BCUT2D eigenvalue weighted by atomic mass is 10.0. The third-order valence-corrected chi connectivity index (χ3v) is 7.44. The smallest absolute Gasteiger partial charge is 0.427 e. The average molecular weight is 601 g/mol. The zero-order valence-electron chi connectivity index (χ0n) is 23.2. The van der Waals surface area contributed by atoms with Gasteiger partial charge in [-0.25, -0.2) is 9.97 Å². The third kappa shape index (κ3) is 7.72. The molecule has 0 saturated carbocycles. The Morgan fingerprint density at radius 3 is 2.64 bits per heavy atom. The quantitative estimate of drug-likeness (QED) is 0.224. The van der Waals surface area contributed by atoms with E-state index in [1.165, 1.54) is 24.6 Å². The Hall–Kier alpha value is -4.26. The summed E-state index contributed by atoms with van der Waals surface area (Å²) in [5.74, 6) is 1.24. The highest BCUT2D eigenvalue weighted by Crippen LogP contribution is 2.35. The first-order valence-electron chi connectivity index (χ1n) is 13.4. The van der Waals surface area contributed by atoms with Crippen LogP contribution in [-0.2, 0) is 17.4 Å². The highest BCUT2D eigenvalue weighted by molar-refractivity contribution is 7.15. The number of carbonyl (C=O) groups excluding carboxylic acids is 2. The number of fused-ring (bicyclic) bond motifs is 1. The van der Waals surface area contributed by atoms with Gasteiger partial charge >= 0.3 is 6.18 Å². The Morgan fingerprint density at radius 1 is 1.24 bits per heavy atom. The Labute approximate surface area is 244 Å². The standard InChI is InChI=1S/C20H16F3N5O2S.C9H15NO/c1-2-3-13-16-14(8-9-24-17(16)28-27-13)30-12-6-4-11(5-7-12)18(29)26-19-25-10-15(31-19)20(21,22)23;1-3-9(11)10-6-4-5-8(2)7-10/h4-10H,2-3H2,1H3,(H,24,27,28)(H,25,26,29);3,8H,1,4-7H2,2H3. The van der Waals surface area contributed by atoms with Crippen molar-refractivity contribution in [3.63, 3.8) is 0 Å². The number of alkyl halides is 3. The summed E-state index contributed by atoms with van der Waals surface area (Å²) in [5, 5.41) is 10.2.